The number of rotatable bonds is 5. The number of nitrogens with zero attached hydrogens (tertiary/aromatic N) is 5. The molecule has 0 spiro atoms. The van der Waals surface area contributed by atoms with E-state index >= 15 is 0 Å². The second-order valence-electron chi connectivity index (χ2n) is 7.70. The number of aromatic nitrogens is 4. The maximum Gasteiger partial charge on any atom is 0.261 e. The van der Waals surface area contributed by atoms with Crippen molar-refractivity contribution in [1.82, 2.24) is 24.2 Å². The molecule has 0 radical (unpaired) electrons. The van der Waals surface area contributed by atoms with Crippen LogP contribution in [0.2, 0.25) is 0 Å². The normalized spacial score (nSPS) is 19.7. The molecule has 8 heteroatoms. The van der Waals surface area contributed by atoms with Crippen molar-refractivity contribution < 1.29 is 9.84 Å². The molecule has 1 saturated heterocycles. The third-order valence-corrected chi connectivity index (χ3v) is 5.85. The van der Waals surface area contributed by atoms with Gasteiger partial charge in [0.1, 0.15) is 5.82 Å². The minimum atomic E-state index is -0.0899. The zero-order chi connectivity index (χ0) is 19.8. The summed E-state index contributed by atoms with van der Waals surface area (Å²) in [5, 5.41) is 14.9. The van der Waals surface area contributed by atoms with Crippen molar-refractivity contribution in [2.75, 3.05) is 19.8 Å². The Morgan fingerprint density at radius 3 is 3.00 bits per heavy atom. The fraction of sp³-hybridized carbons (Fsp3) is 0.476. The van der Waals surface area contributed by atoms with Crippen molar-refractivity contribution in [2.45, 2.75) is 45.1 Å². The monoisotopic (exact) mass is 395 g/mol. The molecule has 3 aromatic rings. The van der Waals surface area contributed by atoms with E-state index in [1.54, 1.807) is 10.6 Å². The molecule has 0 aliphatic carbocycles. The molecule has 5 rings (SSSR count). The standard InChI is InChI=1S/C21H25N5O3/c27-10-8-25-20(22-18-5-2-1-4-17(18)21(25)28)19-6-3-7-24(19)13-15-12-16-14-29-11-9-26(16)23-15/h1-2,4-5,12,19,27H,3,6-11,13-14H2. The van der Waals surface area contributed by atoms with Gasteiger partial charge in [-0.25, -0.2) is 4.98 Å². The van der Waals surface area contributed by atoms with Crippen molar-refractivity contribution in [3.8, 4) is 0 Å². The number of ether oxygens (including phenoxy) is 1. The summed E-state index contributed by atoms with van der Waals surface area (Å²) in [6, 6.07) is 9.58. The Labute approximate surface area is 168 Å². The van der Waals surface area contributed by atoms with E-state index in [1.807, 2.05) is 22.9 Å². The van der Waals surface area contributed by atoms with Crippen LogP contribution in [-0.4, -0.2) is 49.1 Å². The van der Waals surface area contributed by atoms with E-state index in [1.165, 1.54) is 0 Å². The fourth-order valence-electron chi connectivity index (χ4n) is 4.50. The van der Waals surface area contributed by atoms with Crippen molar-refractivity contribution in [3.05, 3.63) is 57.9 Å². The molecular formula is C21H25N5O3. The van der Waals surface area contributed by atoms with Crippen LogP contribution in [0.3, 0.4) is 0 Å². The minimum absolute atomic E-state index is 0.0360. The Hall–Kier alpha value is -2.55. The van der Waals surface area contributed by atoms with E-state index in [4.69, 9.17) is 14.8 Å². The van der Waals surface area contributed by atoms with Gasteiger partial charge in [0, 0.05) is 6.54 Å². The Morgan fingerprint density at radius 2 is 2.14 bits per heavy atom. The predicted molar refractivity (Wildman–Crippen MR) is 107 cm³/mol. The lowest BCUT2D eigenvalue weighted by molar-refractivity contribution is 0.0799. The summed E-state index contributed by atoms with van der Waals surface area (Å²) in [5.74, 6) is 0.743. The first-order valence-corrected chi connectivity index (χ1v) is 10.2. The van der Waals surface area contributed by atoms with Gasteiger partial charge in [0.15, 0.2) is 0 Å². The smallest absolute Gasteiger partial charge is 0.261 e. The summed E-state index contributed by atoms with van der Waals surface area (Å²) >= 11 is 0. The Morgan fingerprint density at radius 1 is 1.24 bits per heavy atom. The van der Waals surface area contributed by atoms with E-state index in [2.05, 4.69) is 11.0 Å². The maximum absolute atomic E-state index is 13.1. The summed E-state index contributed by atoms with van der Waals surface area (Å²) in [6.07, 6.45) is 1.98. The maximum atomic E-state index is 13.1. The lowest BCUT2D eigenvalue weighted by Crippen LogP contribution is -2.33. The Bertz CT molecular complexity index is 1070. The van der Waals surface area contributed by atoms with Crippen LogP contribution in [0.4, 0.5) is 0 Å². The molecule has 0 amide bonds. The van der Waals surface area contributed by atoms with Crippen molar-refractivity contribution >= 4 is 10.9 Å². The largest absolute Gasteiger partial charge is 0.395 e. The summed E-state index contributed by atoms with van der Waals surface area (Å²) in [6.45, 7) is 3.92. The fourth-order valence-corrected chi connectivity index (χ4v) is 4.50. The highest BCUT2D eigenvalue weighted by atomic mass is 16.5. The highest BCUT2D eigenvalue weighted by molar-refractivity contribution is 5.77. The predicted octanol–water partition coefficient (Wildman–Crippen LogP) is 1.45. The molecule has 1 atom stereocenters. The molecule has 0 saturated carbocycles. The number of aliphatic hydroxyl groups excluding tert-OH is 1. The lowest BCUT2D eigenvalue weighted by Gasteiger charge is -2.25. The van der Waals surface area contributed by atoms with Crippen LogP contribution in [0.1, 0.15) is 36.1 Å². The van der Waals surface area contributed by atoms with E-state index in [9.17, 15) is 9.90 Å². The van der Waals surface area contributed by atoms with Crippen LogP contribution in [0.5, 0.6) is 0 Å². The van der Waals surface area contributed by atoms with Crippen molar-refractivity contribution in [1.29, 1.82) is 0 Å². The van der Waals surface area contributed by atoms with E-state index in [0.717, 1.165) is 43.1 Å². The third-order valence-electron chi connectivity index (χ3n) is 5.85. The SMILES string of the molecule is O=c1c2ccccc2nc(C2CCCN2Cc2cc3n(n2)CCOC3)n1CCO. The Balaban J connectivity index is 1.50. The Kier molecular flexibility index (Phi) is 4.91. The van der Waals surface area contributed by atoms with E-state index < -0.39 is 0 Å². The highest BCUT2D eigenvalue weighted by Crippen LogP contribution is 2.32. The molecule has 2 aliphatic rings. The molecule has 1 unspecified atom stereocenters. The number of aliphatic hydroxyl groups is 1. The first-order valence-electron chi connectivity index (χ1n) is 10.2. The molecule has 1 fully saturated rings. The van der Waals surface area contributed by atoms with Gasteiger partial charge in [-0.1, -0.05) is 12.1 Å². The van der Waals surface area contributed by atoms with Gasteiger partial charge in [-0.15, -0.1) is 0 Å². The molecule has 4 heterocycles. The molecule has 1 aromatic carbocycles. The number of benzene rings is 1. The third kappa shape index (κ3) is 3.37. The zero-order valence-electron chi connectivity index (χ0n) is 16.3. The molecule has 29 heavy (non-hydrogen) atoms. The van der Waals surface area contributed by atoms with Crippen LogP contribution in [0, 0.1) is 0 Å². The molecule has 152 valence electrons. The molecule has 2 aromatic heterocycles. The first-order chi connectivity index (χ1) is 14.2. The average Bonchev–Trinajstić information content (AvgIpc) is 3.36. The quantitative estimate of drug-likeness (QED) is 0.704. The second-order valence-corrected chi connectivity index (χ2v) is 7.70. The summed E-state index contributed by atoms with van der Waals surface area (Å²) in [4.78, 5) is 20.3. The molecule has 1 N–H and O–H groups in total. The number of para-hydroxylation sites is 1. The lowest BCUT2D eigenvalue weighted by atomic mass is 10.1. The zero-order valence-corrected chi connectivity index (χ0v) is 16.3. The molecular weight excluding hydrogens is 370 g/mol. The minimum Gasteiger partial charge on any atom is -0.395 e. The van der Waals surface area contributed by atoms with Crippen LogP contribution < -0.4 is 5.56 Å². The summed E-state index contributed by atoms with van der Waals surface area (Å²) < 4.78 is 9.20. The highest BCUT2D eigenvalue weighted by Gasteiger charge is 2.31. The van der Waals surface area contributed by atoms with Gasteiger partial charge >= 0.3 is 0 Å². The van der Waals surface area contributed by atoms with Crippen LogP contribution >= 0.6 is 0 Å². The van der Waals surface area contributed by atoms with Crippen molar-refractivity contribution in [2.24, 2.45) is 0 Å². The van der Waals surface area contributed by atoms with E-state index in [-0.39, 0.29) is 24.8 Å². The molecule has 2 aliphatic heterocycles. The van der Waals surface area contributed by atoms with Crippen LogP contribution in [0.15, 0.2) is 35.1 Å². The van der Waals surface area contributed by atoms with Crippen molar-refractivity contribution in [3.63, 3.8) is 0 Å². The first kappa shape index (κ1) is 18.5. The van der Waals surface area contributed by atoms with Gasteiger partial charge in [-0.2, -0.15) is 5.10 Å². The number of hydrogen-bond acceptors (Lipinski definition) is 6. The van der Waals surface area contributed by atoms with Gasteiger partial charge < -0.3 is 9.84 Å². The van der Waals surface area contributed by atoms with Gasteiger partial charge in [-0.05, 0) is 37.6 Å². The molecule has 8 nitrogen and oxygen atoms in total. The number of hydrogen-bond donors (Lipinski definition) is 1. The number of fused-ring (bicyclic) bond motifs is 2. The number of likely N-dealkylation sites (tertiary alicyclic amines) is 1. The summed E-state index contributed by atoms with van der Waals surface area (Å²) in [5.41, 5.74) is 2.77. The topological polar surface area (TPSA) is 85.4 Å². The van der Waals surface area contributed by atoms with Gasteiger partial charge in [0.05, 0.1) is 61.2 Å². The van der Waals surface area contributed by atoms with Gasteiger partial charge in [0.25, 0.3) is 5.56 Å². The second kappa shape index (κ2) is 7.70. The van der Waals surface area contributed by atoms with E-state index in [0.29, 0.717) is 30.7 Å². The van der Waals surface area contributed by atoms with Gasteiger partial charge in [-0.3, -0.25) is 18.9 Å². The van der Waals surface area contributed by atoms with Crippen LogP contribution in [0.25, 0.3) is 10.9 Å². The average molecular weight is 395 g/mol. The van der Waals surface area contributed by atoms with Crippen LogP contribution in [-0.2, 0) is 31.0 Å². The molecule has 0 bridgehead atoms. The van der Waals surface area contributed by atoms with Gasteiger partial charge in [0.2, 0.25) is 0 Å². The summed E-state index contributed by atoms with van der Waals surface area (Å²) in [7, 11) is 0.